The van der Waals surface area contributed by atoms with Crippen molar-refractivity contribution >= 4 is 11.9 Å². The van der Waals surface area contributed by atoms with Gasteiger partial charge in [-0.25, -0.2) is 0 Å². The summed E-state index contributed by atoms with van der Waals surface area (Å²) in [5.41, 5.74) is 0. The number of nitrogens with zero attached hydrogens (tertiary/aromatic N) is 2. The van der Waals surface area contributed by atoms with Crippen molar-refractivity contribution < 1.29 is 9.53 Å². The normalized spacial score (nSPS) is 14.6. The van der Waals surface area contributed by atoms with Gasteiger partial charge in [0.1, 0.15) is 5.75 Å². The number of likely N-dealkylation sites (tertiary alicyclic amines) is 1. The molecule has 6 nitrogen and oxygen atoms in total. The summed E-state index contributed by atoms with van der Waals surface area (Å²) in [6.45, 7) is 6.96. The fourth-order valence-electron chi connectivity index (χ4n) is 2.88. The molecule has 26 heavy (non-hydrogen) atoms. The highest BCUT2D eigenvalue weighted by Gasteiger charge is 2.18. The number of nitrogens with one attached hydrogen (secondary N) is 2. The Labute approximate surface area is 157 Å². The molecule has 1 aliphatic rings. The minimum absolute atomic E-state index is 0.289. The van der Waals surface area contributed by atoms with E-state index in [1.54, 1.807) is 0 Å². The average molecular weight is 361 g/mol. The van der Waals surface area contributed by atoms with Crippen molar-refractivity contribution in [3.05, 3.63) is 30.3 Å². The second kappa shape index (κ2) is 12.2. The number of carbonyl (C=O) groups is 1. The average Bonchev–Trinajstić information content (AvgIpc) is 3.07. The van der Waals surface area contributed by atoms with Gasteiger partial charge in [0.15, 0.2) is 5.96 Å². The Bertz CT molecular complexity index is 548. The molecule has 6 heteroatoms. The minimum atomic E-state index is 0.289. The number of hydrogen-bond acceptors (Lipinski definition) is 3. The van der Waals surface area contributed by atoms with Gasteiger partial charge in [0.25, 0.3) is 0 Å². The van der Waals surface area contributed by atoms with E-state index in [1.807, 2.05) is 35.2 Å². The molecule has 1 aromatic carbocycles. The van der Waals surface area contributed by atoms with Crippen LogP contribution in [0.2, 0.25) is 0 Å². The van der Waals surface area contributed by atoms with E-state index >= 15 is 0 Å². The quantitative estimate of drug-likeness (QED) is 0.361. The molecule has 2 rings (SSSR count). The Kier molecular flexibility index (Phi) is 9.40. The number of aliphatic imine (C=N–C) groups is 1. The van der Waals surface area contributed by atoms with E-state index in [-0.39, 0.29) is 5.91 Å². The molecule has 0 aromatic heterocycles. The third-order valence-corrected chi connectivity index (χ3v) is 4.25. The van der Waals surface area contributed by atoms with Crippen LogP contribution >= 0.6 is 0 Å². The van der Waals surface area contributed by atoms with Crippen LogP contribution in [0.5, 0.6) is 5.75 Å². The fourth-order valence-corrected chi connectivity index (χ4v) is 2.88. The predicted octanol–water partition coefficient (Wildman–Crippen LogP) is 2.41. The van der Waals surface area contributed by atoms with Crippen molar-refractivity contribution in [3.8, 4) is 5.75 Å². The first-order chi connectivity index (χ1) is 12.8. The predicted molar refractivity (Wildman–Crippen MR) is 106 cm³/mol. The summed E-state index contributed by atoms with van der Waals surface area (Å²) in [6, 6.07) is 9.90. The molecule has 0 atom stereocenters. The van der Waals surface area contributed by atoms with Crippen molar-refractivity contribution in [2.75, 3.05) is 39.3 Å². The van der Waals surface area contributed by atoms with Gasteiger partial charge in [-0.05, 0) is 44.7 Å². The highest BCUT2D eigenvalue weighted by atomic mass is 16.5. The van der Waals surface area contributed by atoms with Crippen LogP contribution in [0.15, 0.2) is 35.3 Å². The number of rotatable bonds is 11. The van der Waals surface area contributed by atoms with Crippen LogP contribution in [0.25, 0.3) is 0 Å². The molecule has 0 spiro atoms. The molecular weight excluding hydrogens is 328 g/mol. The largest absolute Gasteiger partial charge is 0.494 e. The third kappa shape index (κ3) is 7.76. The summed E-state index contributed by atoms with van der Waals surface area (Å²) < 4.78 is 5.69. The van der Waals surface area contributed by atoms with Crippen molar-refractivity contribution in [3.63, 3.8) is 0 Å². The molecule has 0 unspecified atom stereocenters. The molecule has 0 bridgehead atoms. The number of ether oxygens (including phenoxy) is 1. The standard InChI is InChI=1S/C20H32N4O2/c1-2-21-20(23-14-9-16-24-15-8-12-19(24)25)22-13-6-7-17-26-18-10-4-3-5-11-18/h3-5,10-11H,2,6-9,12-17H2,1H3,(H2,21,22,23). The lowest BCUT2D eigenvalue weighted by Crippen LogP contribution is -2.38. The maximum absolute atomic E-state index is 11.6. The number of hydrogen-bond donors (Lipinski definition) is 2. The molecule has 1 fully saturated rings. The summed E-state index contributed by atoms with van der Waals surface area (Å²) in [6.07, 6.45) is 4.65. The molecule has 1 amide bonds. The molecule has 0 aliphatic carbocycles. The lowest BCUT2D eigenvalue weighted by Gasteiger charge is -2.15. The van der Waals surface area contributed by atoms with Crippen LogP contribution in [0.4, 0.5) is 0 Å². The van der Waals surface area contributed by atoms with Crippen LogP contribution in [0, 0.1) is 0 Å². The van der Waals surface area contributed by atoms with Crippen molar-refractivity contribution in [1.82, 2.24) is 15.5 Å². The van der Waals surface area contributed by atoms with Gasteiger partial charge < -0.3 is 20.3 Å². The molecule has 2 N–H and O–H groups in total. The van der Waals surface area contributed by atoms with Gasteiger partial charge in [0.05, 0.1) is 6.61 Å². The Balaban J connectivity index is 1.55. The number of unbranched alkanes of at least 4 members (excludes halogenated alkanes) is 1. The van der Waals surface area contributed by atoms with Gasteiger partial charge in [-0.3, -0.25) is 9.79 Å². The lowest BCUT2D eigenvalue weighted by atomic mass is 10.3. The first-order valence-electron chi connectivity index (χ1n) is 9.77. The van der Waals surface area contributed by atoms with Crippen LogP contribution < -0.4 is 15.4 Å². The molecule has 1 heterocycles. The SMILES string of the molecule is CCNC(=NCCCN1CCCC1=O)NCCCCOc1ccccc1. The van der Waals surface area contributed by atoms with Crippen LogP contribution in [-0.4, -0.2) is 56.1 Å². The number of para-hydroxylation sites is 1. The Hall–Kier alpha value is -2.24. The number of amides is 1. The van der Waals surface area contributed by atoms with Gasteiger partial charge >= 0.3 is 0 Å². The second-order valence-electron chi connectivity index (χ2n) is 6.39. The van der Waals surface area contributed by atoms with E-state index in [9.17, 15) is 4.79 Å². The van der Waals surface area contributed by atoms with E-state index in [2.05, 4.69) is 22.5 Å². The van der Waals surface area contributed by atoms with Gasteiger partial charge in [0, 0.05) is 39.1 Å². The van der Waals surface area contributed by atoms with E-state index in [1.165, 1.54) is 0 Å². The maximum Gasteiger partial charge on any atom is 0.222 e. The van der Waals surface area contributed by atoms with Gasteiger partial charge in [-0.2, -0.15) is 0 Å². The van der Waals surface area contributed by atoms with E-state index < -0.39 is 0 Å². The van der Waals surface area contributed by atoms with E-state index in [4.69, 9.17) is 4.74 Å². The van der Waals surface area contributed by atoms with Gasteiger partial charge in [-0.15, -0.1) is 0 Å². The topological polar surface area (TPSA) is 66.0 Å². The monoisotopic (exact) mass is 360 g/mol. The zero-order chi connectivity index (χ0) is 18.5. The first-order valence-corrected chi connectivity index (χ1v) is 9.77. The molecule has 0 saturated carbocycles. The maximum atomic E-state index is 11.6. The van der Waals surface area contributed by atoms with Crippen LogP contribution in [-0.2, 0) is 4.79 Å². The highest BCUT2D eigenvalue weighted by Crippen LogP contribution is 2.10. The summed E-state index contributed by atoms with van der Waals surface area (Å²) in [4.78, 5) is 18.1. The van der Waals surface area contributed by atoms with E-state index in [0.717, 1.165) is 76.7 Å². The molecule has 1 saturated heterocycles. The third-order valence-electron chi connectivity index (χ3n) is 4.25. The smallest absolute Gasteiger partial charge is 0.222 e. The molecule has 0 radical (unpaired) electrons. The van der Waals surface area contributed by atoms with Gasteiger partial charge in [0.2, 0.25) is 5.91 Å². The fraction of sp³-hybridized carbons (Fsp3) is 0.600. The lowest BCUT2D eigenvalue weighted by molar-refractivity contribution is -0.127. The second-order valence-corrected chi connectivity index (χ2v) is 6.39. The number of benzene rings is 1. The Morgan fingerprint density at radius 1 is 1.19 bits per heavy atom. The molecular formula is C20H32N4O2. The first kappa shape index (κ1) is 20.1. The van der Waals surface area contributed by atoms with Crippen molar-refractivity contribution in [1.29, 1.82) is 0 Å². The molecule has 1 aliphatic heterocycles. The van der Waals surface area contributed by atoms with E-state index in [0.29, 0.717) is 6.42 Å². The molecule has 144 valence electrons. The summed E-state index contributed by atoms with van der Waals surface area (Å²) in [7, 11) is 0. The zero-order valence-electron chi connectivity index (χ0n) is 15.9. The zero-order valence-corrected chi connectivity index (χ0v) is 15.9. The Morgan fingerprint density at radius 2 is 2.04 bits per heavy atom. The summed E-state index contributed by atoms with van der Waals surface area (Å²) in [5, 5.41) is 6.62. The van der Waals surface area contributed by atoms with Crippen LogP contribution in [0.1, 0.15) is 39.0 Å². The number of carbonyl (C=O) groups excluding carboxylic acids is 1. The highest BCUT2D eigenvalue weighted by molar-refractivity contribution is 5.79. The summed E-state index contributed by atoms with van der Waals surface area (Å²) >= 11 is 0. The van der Waals surface area contributed by atoms with Gasteiger partial charge in [-0.1, -0.05) is 18.2 Å². The van der Waals surface area contributed by atoms with Crippen LogP contribution in [0.3, 0.4) is 0 Å². The minimum Gasteiger partial charge on any atom is -0.494 e. The number of guanidine groups is 1. The summed E-state index contributed by atoms with van der Waals surface area (Å²) in [5.74, 6) is 2.06. The Morgan fingerprint density at radius 3 is 2.77 bits per heavy atom. The van der Waals surface area contributed by atoms with Crippen molar-refractivity contribution in [2.45, 2.75) is 39.0 Å². The molecule has 1 aromatic rings. The van der Waals surface area contributed by atoms with Crippen molar-refractivity contribution in [2.24, 2.45) is 4.99 Å².